The van der Waals surface area contributed by atoms with E-state index in [9.17, 15) is 77.0 Å². The van der Waals surface area contributed by atoms with Gasteiger partial charge >= 0.3 is 44.8 Å². The molecule has 139 heavy (non-hydrogen) atoms. The SMILES string of the molecule is Cc1nc2c(ncn2C2OC3COP(=O)(O)OC45COC4C(n4cnc6c(N)ncnc64)OC5COP(=O)(O)OC2C3CO)c(=O)[nH]1.Cc1nc2c(ncn2C2OC3COP(=O)(O)OC4C(COP(=O)(O)OC2C3CO)OC(n2cnc3c(N)ncnc32)C4F)c(=O)[nH]1.Cc1nc2c(ncn2C2OC3COP(O)(=S)OC4C(COP(=O)(S)OC2C3CO)OC(n2cnc3c(N)ncnc32)C4F)c(=O)[nH]1. The van der Waals surface area contributed by atoms with Gasteiger partial charge in [0.2, 0.25) is 0 Å². The number of halogens is 2. The third-order valence-corrected chi connectivity index (χ3v) is 31.3. The van der Waals surface area contributed by atoms with E-state index in [0.717, 1.165) is 17.2 Å². The molecule has 62 nitrogen and oxygen atoms in total. The van der Waals surface area contributed by atoms with Crippen LogP contribution in [0.5, 0.6) is 0 Å². The molecule has 12 aromatic rings. The van der Waals surface area contributed by atoms with Crippen molar-refractivity contribution >= 4 is 153 Å². The van der Waals surface area contributed by atoms with Gasteiger partial charge in [0.05, 0.1) is 122 Å². The lowest BCUT2D eigenvalue weighted by molar-refractivity contribution is -0.229. The van der Waals surface area contributed by atoms with Crippen molar-refractivity contribution in [2.45, 2.75) is 149 Å². The predicted molar refractivity (Wildman–Crippen MR) is 459 cm³/mol. The van der Waals surface area contributed by atoms with Crippen molar-refractivity contribution in [3.63, 3.8) is 0 Å². The number of fused-ring (bicyclic) bond motifs is 14. The number of anilines is 3. The molecular weight excluding hydrogens is 2030 g/mol. The number of alkyl halides is 2. The Morgan fingerprint density at radius 1 is 0.410 bits per heavy atom. The van der Waals surface area contributed by atoms with Crippen molar-refractivity contribution in [2.24, 2.45) is 17.8 Å². The molecule has 10 fully saturated rings. The Balaban J connectivity index is 0.000000128. The molecule has 6 bridgehead atoms. The first kappa shape index (κ1) is 97.5. The molecule has 22 rings (SSSR count). The topological polar surface area (TPSA) is 822 Å². The molecule has 1 spiro atoms. The van der Waals surface area contributed by atoms with Gasteiger partial charge in [-0.25, -0.2) is 106 Å². The molecule has 0 amide bonds. The second-order valence-corrected chi connectivity index (χ2v) is 43.9. The maximum atomic E-state index is 16.1. The summed E-state index contributed by atoms with van der Waals surface area (Å²) in [5.74, 6) is -2.30. The molecule has 72 heteroatoms. The summed E-state index contributed by atoms with van der Waals surface area (Å²) < 4.78 is 214. The molecule has 10 saturated heterocycles. The third kappa shape index (κ3) is 18.2. The number of hydrogen-bond acceptors (Lipinski definition) is 49. The van der Waals surface area contributed by atoms with Crippen LogP contribution in [-0.4, -0.2) is 314 Å². The molecule has 30 atom stereocenters. The van der Waals surface area contributed by atoms with Gasteiger partial charge in [0.15, 0.2) is 123 Å². The van der Waals surface area contributed by atoms with Gasteiger partial charge in [-0.1, -0.05) is 12.2 Å². The van der Waals surface area contributed by atoms with Gasteiger partial charge in [-0.2, -0.15) is 0 Å². The molecule has 0 aromatic carbocycles. The summed E-state index contributed by atoms with van der Waals surface area (Å²) in [6, 6.07) is 0. The van der Waals surface area contributed by atoms with Crippen molar-refractivity contribution in [1.29, 1.82) is 0 Å². The first-order valence-electron chi connectivity index (χ1n) is 41.3. The number of aryl methyl sites for hydroxylation is 3. The third-order valence-electron chi connectivity index (χ3n) is 24.1. The molecule has 748 valence electrons. The second kappa shape index (κ2) is 37.0. The number of thiol groups is 1. The van der Waals surface area contributed by atoms with E-state index in [1.54, 1.807) is 13.8 Å². The summed E-state index contributed by atoms with van der Waals surface area (Å²) in [5.41, 5.74) is 15.4. The van der Waals surface area contributed by atoms with Crippen LogP contribution in [0.15, 0.2) is 71.3 Å². The number of nitrogen functional groups attached to an aromatic ring is 3. The number of H-pyrrole nitrogens is 3. The van der Waals surface area contributed by atoms with E-state index in [-0.39, 0.29) is 109 Å². The summed E-state index contributed by atoms with van der Waals surface area (Å²) in [6.45, 7) is -10.2. The summed E-state index contributed by atoms with van der Waals surface area (Å²) in [6.07, 6.45) is -17.6. The highest BCUT2D eigenvalue weighted by Crippen LogP contribution is 2.64. The highest BCUT2D eigenvalue weighted by Gasteiger charge is 2.70. The molecule has 0 aliphatic carbocycles. The highest BCUT2D eigenvalue weighted by molar-refractivity contribution is 8.44. The Hall–Kier alpha value is -8.97. The largest absolute Gasteiger partial charge is 0.473 e. The summed E-state index contributed by atoms with van der Waals surface area (Å²) >= 11 is 9.36. The van der Waals surface area contributed by atoms with Crippen molar-refractivity contribution < 1.29 is 159 Å². The first-order valence-corrected chi connectivity index (χ1v) is 52.6. The van der Waals surface area contributed by atoms with Gasteiger partial charge in [0.25, 0.3) is 16.7 Å². The Morgan fingerprint density at radius 3 is 1.12 bits per heavy atom. The van der Waals surface area contributed by atoms with E-state index in [1.807, 2.05) is 0 Å². The van der Waals surface area contributed by atoms with Crippen LogP contribution < -0.4 is 33.9 Å². The Morgan fingerprint density at radius 2 is 0.734 bits per heavy atom. The van der Waals surface area contributed by atoms with Crippen LogP contribution in [0.3, 0.4) is 0 Å². The fourth-order valence-electron chi connectivity index (χ4n) is 17.7. The molecule has 12 aromatic heterocycles. The second-order valence-electron chi connectivity index (χ2n) is 32.7. The molecule has 10 aliphatic rings. The molecular formula is C67H79F2N27O35P6S2. The van der Waals surface area contributed by atoms with Crippen LogP contribution in [0.1, 0.15) is 54.8 Å². The van der Waals surface area contributed by atoms with Crippen LogP contribution in [0.2, 0.25) is 0 Å². The first-order chi connectivity index (χ1) is 66.1. The normalized spacial score (nSPS) is 37.8. The number of aromatic nitrogens is 24. The van der Waals surface area contributed by atoms with E-state index in [1.165, 1.54) is 74.1 Å². The molecule has 0 radical (unpaired) electrons. The van der Waals surface area contributed by atoms with E-state index >= 15 is 8.78 Å². The lowest BCUT2D eigenvalue weighted by atomic mass is 9.88. The number of phosphoric ester groups is 4. The van der Waals surface area contributed by atoms with Gasteiger partial charge in [0.1, 0.15) is 108 Å². The van der Waals surface area contributed by atoms with Gasteiger partial charge in [-0.05, 0) is 32.6 Å². The highest BCUT2D eigenvalue weighted by atomic mass is 32.7. The molecule has 10 aliphatic heterocycles. The van der Waals surface area contributed by atoms with Gasteiger partial charge in [0, 0.05) is 17.8 Å². The van der Waals surface area contributed by atoms with Crippen molar-refractivity contribution in [3.8, 4) is 0 Å². The summed E-state index contributed by atoms with van der Waals surface area (Å²) in [4.78, 5) is 161. The van der Waals surface area contributed by atoms with Gasteiger partial charge in [-0.15, -0.1) is 0 Å². The number of imidazole rings is 6. The van der Waals surface area contributed by atoms with Crippen molar-refractivity contribution in [1.82, 2.24) is 117 Å². The number of aromatic amines is 3. The Kier molecular flexibility index (Phi) is 26.0. The smallest absolute Gasteiger partial charge is 0.396 e. The monoisotopic (exact) mass is 2110 g/mol. The minimum Gasteiger partial charge on any atom is -0.396 e. The number of aliphatic hydroxyl groups excluding tert-OH is 3. The minimum atomic E-state index is -5.11. The Bertz CT molecular complexity index is 7020. The molecule has 22 heterocycles. The summed E-state index contributed by atoms with van der Waals surface area (Å²) in [7, 11) is -20.2. The number of aliphatic hydroxyl groups is 3. The fraction of sp³-hybridized carbons (Fsp3) is 0.552. The molecule has 0 saturated carbocycles. The van der Waals surface area contributed by atoms with Crippen molar-refractivity contribution in [2.75, 3.05) is 83.3 Å². The van der Waals surface area contributed by atoms with E-state index in [0.29, 0.717) is 0 Å². The fourth-order valence-corrected chi connectivity index (χ4v) is 24.6. The van der Waals surface area contributed by atoms with E-state index < -0.39 is 267 Å². The zero-order chi connectivity index (χ0) is 98.0. The van der Waals surface area contributed by atoms with Crippen LogP contribution in [0.25, 0.3) is 67.0 Å². The zero-order valence-corrected chi connectivity index (χ0v) is 78.1. The molecule has 30 unspecified atom stereocenters. The van der Waals surface area contributed by atoms with Gasteiger partial charge in [-0.3, -0.25) is 91.5 Å². The molecule has 17 N–H and O–H groups in total. The van der Waals surface area contributed by atoms with Crippen LogP contribution in [0, 0.1) is 38.5 Å². The quantitative estimate of drug-likeness (QED) is 0.0628. The number of hydrogen-bond donors (Lipinski definition) is 15. The van der Waals surface area contributed by atoms with E-state index in [2.05, 4.69) is 102 Å². The Labute approximate surface area is 781 Å². The number of nitrogens with zero attached hydrogens (tertiary/aromatic N) is 21. The summed E-state index contributed by atoms with van der Waals surface area (Å²) in [5, 5.41) is 30.9. The lowest BCUT2D eigenvalue weighted by Crippen LogP contribution is -2.63. The maximum absolute atomic E-state index is 16.1. The average Bonchev–Trinajstić information content (AvgIpc) is 1.56. The predicted octanol–water partition coefficient (Wildman–Crippen LogP) is -0.687. The number of rotatable bonds is 9. The van der Waals surface area contributed by atoms with Crippen LogP contribution in [-0.2, 0) is 122 Å². The lowest BCUT2D eigenvalue weighted by Gasteiger charge is -2.46. The van der Waals surface area contributed by atoms with Crippen LogP contribution in [0.4, 0.5) is 26.2 Å². The van der Waals surface area contributed by atoms with Crippen molar-refractivity contribution in [3.05, 3.63) is 105 Å². The average molecular weight is 2110 g/mol. The standard InChI is InChI=1S/C23H27N9O13P2.C22H26FN9O12P2.C22H26FN9O10P2S2/c1-9-29-19-14(20(34)30-9)28-8-32(19)21-15-10(2-33)11(42-21)3-40-47(37,38)45-23-5-39-16(23)22(43-12(23)4-41-46(35,36)44-15)31-7-27-13-17(24)25-6-26-18(13)31;1-8-29-19-14(20(34)30-8)28-7-32(19)22-15-9(2-33)10(41-22)3-39-46(37,38)44-16-11(4-40-45(35,36)43-15)42-21(12(16)23)31-6-27-13-17(24)25-5-26-18(13)31;1-8-29-19-14(20(34)30-8)28-7-32(19)22-15-9(2-33)10(39-22)3-37-44(36,46)42-16-11(4-38-43(35,45)41-15)40-21(12(16)23)31-6-27-13-17(24)25-5-26-18(13)31/h6-8,10-12,15-16,21-22,33H,2-5H2,1H3,(H,35,36)(H,37,38)(H2,24,25,26)(H,29,30,34);5-7,9-12,15-16,21-22,33H,2-4H2,1H3,(H,35,36)(H,37,38)(H2,24,25,26)(H,29,30,34);5-7,9-12,15-16,21-22,33H,2-4H2,1H3,(H,35,45)(H,36,46)(H2,24,25,26)(H,29,30,34). The van der Waals surface area contributed by atoms with Crippen LogP contribution >= 0.6 is 57.1 Å². The van der Waals surface area contributed by atoms with Gasteiger partial charge < -0.3 is 110 Å². The zero-order valence-electron chi connectivity index (χ0n) is 71.1. The number of nitrogens with two attached hydrogens (primary N) is 3. The van der Waals surface area contributed by atoms with E-state index in [4.69, 9.17) is 116 Å². The number of nitrogens with one attached hydrogen (secondary N) is 3. The maximum Gasteiger partial charge on any atom is 0.473 e. The number of ether oxygens (including phenoxy) is 7. The number of phosphoric acid groups is 4. The minimum absolute atomic E-state index is 0.00339.